The molecule has 1 N–H and O–H groups in total. The number of benzene rings is 1. The molecule has 1 heterocycles. The maximum atomic E-state index is 11.4. The third kappa shape index (κ3) is 3.42. The molecule has 0 aliphatic carbocycles. The predicted molar refractivity (Wildman–Crippen MR) is 77.4 cm³/mol. The van der Waals surface area contributed by atoms with E-state index in [0.717, 1.165) is 16.3 Å². The Hall–Kier alpha value is -2.14. The highest BCUT2D eigenvalue weighted by Crippen LogP contribution is 2.17. The van der Waals surface area contributed by atoms with E-state index in [1.54, 1.807) is 20.4 Å². The molecule has 0 bridgehead atoms. The molecule has 0 saturated heterocycles. The van der Waals surface area contributed by atoms with Gasteiger partial charge in [-0.15, -0.1) is 11.3 Å². The summed E-state index contributed by atoms with van der Waals surface area (Å²) in [6.45, 7) is 0. The number of carbonyl (C=O) groups excluding carboxylic acids is 1. The Bertz CT molecular complexity index is 588. The highest BCUT2D eigenvalue weighted by atomic mass is 32.1. The molecule has 98 valence electrons. The van der Waals surface area contributed by atoms with Crippen molar-refractivity contribution in [2.45, 2.75) is 0 Å². The normalized spacial score (nSPS) is 10.6. The molecule has 4 nitrogen and oxygen atoms in total. The SMILES string of the molecule is CNC(=O)c1cnc(/C=C\c2ccc(OC)cc2)s1. The first-order valence-corrected chi connectivity index (χ1v) is 6.54. The zero-order valence-electron chi connectivity index (χ0n) is 10.7. The van der Waals surface area contributed by atoms with Crippen molar-refractivity contribution < 1.29 is 9.53 Å². The number of amides is 1. The van der Waals surface area contributed by atoms with Crippen molar-refractivity contribution in [2.24, 2.45) is 0 Å². The molecule has 0 saturated carbocycles. The van der Waals surface area contributed by atoms with E-state index in [1.807, 2.05) is 36.4 Å². The lowest BCUT2D eigenvalue weighted by Gasteiger charge is -1.98. The van der Waals surface area contributed by atoms with Crippen LogP contribution < -0.4 is 10.1 Å². The lowest BCUT2D eigenvalue weighted by Crippen LogP contribution is -2.16. The van der Waals surface area contributed by atoms with Crippen LogP contribution in [0.2, 0.25) is 0 Å². The van der Waals surface area contributed by atoms with Crippen LogP contribution in [0.1, 0.15) is 20.2 Å². The van der Waals surface area contributed by atoms with Gasteiger partial charge in [0.15, 0.2) is 0 Å². The second-order valence-electron chi connectivity index (χ2n) is 3.75. The molecule has 0 aliphatic heterocycles. The third-order valence-corrected chi connectivity index (χ3v) is 3.47. The summed E-state index contributed by atoms with van der Waals surface area (Å²) in [5.41, 5.74) is 1.05. The van der Waals surface area contributed by atoms with Crippen molar-refractivity contribution in [3.63, 3.8) is 0 Å². The largest absolute Gasteiger partial charge is 0.497 e. The number of methoxy groups -OCH3 is 1. The van der Waals surface area contributed by atoms with E-state index < -0.39 is 0 Å². The average Bonchev–Trinajstić information content (AvgIpc) is 2.93. The van der Waals surface area contributed by atoms with Crippen LogP contribution in [0, 0.1) is 0 Å². The smallest absolute Gasteiger partial charge is 0.262 e. The number of nitrogens with zero attached hydrogens (tertiary/aromatic N) is 1. The van der Waals surface area contributed by atoms with Crippen LogP contribution in [0.4, 0.5) is 0 Å². The Morgan fingerprint density at radius 3 is 2.68 bits per heavy atom. The van der Waals surface area contributed by atoms with E-state index in [2.05, 4.69) is 10.3 Å². The first kappa shape index (κ1) is 13.3. The third-order valence-electron chi connectivity index (χ3n) is 2.51. The first-order chi connectivity index (χ1) is 9.22. The predicted octanol–water partition coefficient (Wildman–Crippen LogP) is 2.68. The minimum absolute atomic E-state index is 0.110. The van der Waals surface area contributed by atoms with Gasteiger partial charge in [-0.3, -0.25) is 4.79 Å². The monoisotopic (exact) mass is 274 g/mol. The molecule has 5 heteroatoms. The number of aromatic nitrogens is 1. The van der Waals surface area contributed by atoms with E-state index in [0.29, 0.717) is 4.88 Å². The number of hydrogen-bond donors (Lipinski definition) is 1. The standard InChI is InChI=1S/C14H14N2O2S/c1-15-14(17)12-9-16-13(19-12)8-5-10-3-6-11(18-2)7-4-10/h3-9H,1-2H3,(H,15,17)/b8-5-. The van der Waals surface area contributed by atoms with E-state index in [-0.39, 0.29) is 5.91 Å². The van der Waals surface area contributed by atoms with E-state index in [4.69, 9.17) is 4.74 Å². The summed E-state index contributed by atoms with van der Waals surface area (Å²) in [5, 5.41) is 3.37. The Labute approximate surface area is 115 Å². The summed E-state index contributed by atoms with van der Waals surface area (Å²) in [6, 6.07) is 7.72. The molecule has 1 aromatic heterocycles. The zero-order valence-corrected chi connectivity index (χ0v) is 11.5. The highest BCUT2D eigenvalue weighted by Gasteiger charge is 2.06. The fraction of sp³-hybridized carbons (Fsp3) is 0.143. The topological polar surface area (TPSA) is 51.2 Å². The van der Waals surface area contributed by atoms with Crippen molar-refractivity contribution >= 4 is 29.4 Å². The minimum atomic E-state index is -0.110. The average molecular weight is 274 g/mol. The molecule has 2 aromatic rings. The van der Waals surface area contributed by atoms with Gasteiger partial charge < -0.3 is 10.1 Å². The number of carbonyl (C=O) groups is 1. The molecule has 0 unspecified atom stereocenters. The second-order valence-corrected chi connectivity index (χ2v) is 4.81. The van der Waals surface area contributed by atoms with Gasteiger partial charge in [-0.05, 0) is 23.8 Å². The van der Waals surface area contributed by atoms with Crippen LogP contribution in [0.15, 0.2) is 30.5 Å². The molecular formula is C14H14N2O2S. The molecule has 2 rings (SSSR count). The number of nitrogens with one attached hydrogen (secondary N) is 1. The molecule has 0 spiro atoms. The highest BCUT2D eigenvalue weighted by molar-refractivity contribution is 7.14. The number of hydrogen-bond acceptors (Lipinski definition) is 4. The van der Waals surface area contributed by atoms with Crippen LogP contribution in [-0.4, -0.2) is 25.0 Å². The van der Waals surface area contributed by atoms with Crippen LogP contribution in [0.5, 0.6) is 5.75 Å². The summed E-state index contributed by atoms with van der Waals surface area (Å²) in [5.74, 6) is 0.717. The minimum Gasteiger partial charge on any atom is -0.497 e. The van der Waals surface area contributed by atoms with Gasteiger partial charge in [0.1, 0.15) is 15.6 Å². The van der Waals surface area contributed by atoms with Gasteiger partial charge in [0.2, 0.25) is 0 Å². The van der Waals surface area contributed by atoms with Gasteiger partial charge in [0.25, 0.3) is 5.91 Å². The molecule has 1 amide bonds. The van der Waals surface area contributed by atoms with Crippen LogP contribution in [0.3, 0.4) is 0 Å². The summed E-state index contributed by atoms with van der Waals surface area (Å²) in [7, 11) is 3.25. The van der Waals surface area contributed by atoms with Gasteiger partial charge >= 0.3 is 0 Å². The van der Waals surface area contributed by atoms with Gasteiger partial charge in [-0.2, -0.15) is 0 Å². The van der Waals surface area contributed by atoms with Crippen molar-refractivity contribution in [3.05, 3.63) is 45.9 Å². The van der Waals surface area contributed by atoms with Crippen molar-refractivity contribution in [1.29, 1.82) is 0 Å². The second kappa shape index (κ2) is 6.15. The van der Waals surface area contributed by atoms with Gasteiger partial charge in [0.05, 0.1) is 13.3 Å². The molecule has 19 heavy (non-hydrogen) atoms. The zero-order chi connectivity index (χ0) is 13.7. The van der Waals surface area contributed by atoms with Crippen LogP contribution >= 0.6 is 11.3 Å². The fourth-order valence-corrected chi connectivity index (χ4v) is 2.24. The van der Waals surface area contributed by atoms with Gasteiger partial charge in [-0.25, -0.2) is 4.98 Å². The first-order valence-electron chi connectivity index (χ1n) is 5.73. The van der Waals surface area contributed by atoms with E-state index >= 15 is 0 Å². The van der Waals surface area contributed by atoms with Crippen molar-refractivity contribution in [3.8, 4) is 5.75 Å². The Morgan fingerprint density at radius 1 is 1.32 bits per heavy atom. The van der Waals surface area contributed by atoms with Gasteiger partial charge in [0, 0.05) is 7.05 Å². The van der Waals surface area contributed by atoms with Crippen LogP contribution in [-0.2, 0) is 0 Å². The Morgan fingerprint density at radius 2 is 2.05 bits per heavy atom. The van der Waals surface area contributed by atoms with Crippen molar-refractivity contribution in [1.82, 2.24) is 10.3 Å². The molecule has 1 aromatic carbocycles. The van der Waals surface area contributed by atoms with Crippen LogP contribution in [0.25, 0.3) is 12.2 Å². The number of ether oxygens (including phenoxy) is 1. The fourth-order valence-electron chi connectivity index (χ4n) is 1.48. The van der Waals surface area contributed by atoms with Crippen molar-refractivity contribution in [2.75, 3.05) is 14.2 Å². The number of rotatable bonds is 4. The lowest BCUT2D eigenvalue weighted by atomic mass is 10.2. The van der Waals surface area contributed by atoms with Gasteiger partial charge in [-0.1, -0.05) is 18.2 Å². The molecule has 0 atom stereocenters. The summed E-state index contributed by atoms with van der Waals surface area (Å²) in [4.78, 5) is 16.2. The maximum absolute atomic E-state index is 11.4. The summed E-state index contributed by atoms with van der Waals surface area (Å²) < 4.78 is 5.10. The van der Waals surface area contributed by atoms with E-state index in [9.17, 15) is 4.79 Å². The molecular weight excluding hydrogens is 260 g/mol. The molecule has 0 fully saturated rings. The van der Waals surface area contributed by atoms with E-state index in [1.165, 1.54) is 11.3 Å². The Kier molecular flexibility index (Phi) is 4.30. The maximum Gasteiger partial charge on any atom is 0.262 e. The lowest BCUT2D eigenvalue weighted by molar-refractivity contribution is 0.0967. The number of thiazole rings is 1. The Balaban J connectivity index is 2.09. The molecule has 0 radical (unpaired) electrons. The summed E-state index contributed by atoms with van der Waals surface area (Å²) in [6.07, 6.45) is 5.42. The summed E-state index contributed by atoms with van der Waals surface area (Å²) >= 11 is 1.36. The molecule has 0 aliphatic rings. The quantitative estimate of drug-likeness (QED) is 0.932.